The van der Waals surface area contributed by atoms with E-state index in [1.54, 1.807) is 19.9 Å². The second-order valence-corrected chi connectivity index (χ2v) is 5.55. The standard InChI is InChI=1S/C15H24O3/c1-9(2)13(16)6-5-10(3)12-8-14(17)11(4)7-15(12)18/h7,10,12-13,15-16,18H,1,5-6,8H2,2-4H3/t10-,12+,13-,15-/m1/s1. The molecule has 0 aliphatic heterocycles. The Bertz CT molecular complexity index is 357. The van der Waals surface area contributed by atoms with Crippen molar-refractivity contribution in [3.63, 3.8) is 0 Å². The number of carbonyl (C=O) groups excluding carboxylic acids is 1. The van der Waals surface area contributed by atoms with Crippen molar-refractivity contribution in [1.82, 2.24) is 0 Å². The lowest BCUT2D eigenvalue weighted by Crippen LogP contribution is -2.32. The van der Waals surface area contributed by atoms with E-state index >= 15 is 0 Å². The Hall–Kier alpha value is -0.930. The first-order valence-electron chi connectivity index (χ1n) is 6.56. The van der Waals surface area contributed by atoms with Gasteiger partial charge >= 0.3 is 0 Å². The minimum atomic E-state index is -0.542. The zero-order valence-corrected chi connectivity index (χ0v) is 11.5. The lowest BCUT2D eigenvalue weighted by molar-refractivity contribution is -0.118. The molecule has 2 N–H and O–H groups in total. The molecule has 0 spiro atoms. The van der Waals surface area contributed by atoms with Crippen LogP contribution in [0.25, 0.3) is 0 Å². The molecule has 102 valence electrons. The summed E-state index contributed by atoms with van der Waals surface area (Å²) in [5.74, 6) is 0.304. The molecular weight excluding hydrogens is 228 g/mol. The third-order valence-electron chi connectivity index (χ3n) is 3.92. The Labute approximate surface area is 109 Å². The van der Waals surface area contributed by atoms with Gasteiger partial charge in [-0.2, -0.15) is 0 Å². The van der Waals surface area contributed by atoms with Crippen LogP contribution >= 0.6 is 0 Å². The Morgan fingerprint density at radius 2 is 2.17 bits per heavy atom. The number of aliphatic hydroxyl groups excluding tert-OH is 2. The van der Waals surface area contributed by atoms with Crippen molar-refractivity contribution in [2.24, 2.45) is 11.8 Å². The first-order valence-corrected chi connectivity index (χ1v) is 6.56. The van der Waals surface area contributed by atoms with Crippen LogP contribution in [0, 0.1) is 11.8 Å². The Kier molecular flexibility index (Phi) is 5.29. The van der Waals surface area contributed by atoms with Gasteiger partial charge in [-0.15, -0.1) is 0 Å². The molecular formula is C15H24O3. The first-order chi connectivity index (χ1) is 8.32. The van der Waals surface area contributed by atoms with Crippen LogP contribution in [0.3, 0.4) is 0 Å². The van der Waals surface area contributed by atoms with Crippen LogP contribution in [0.5, 0.6) is 0 Å². The summed E-state index contributed by atoms with van der Waals surface area (Å²) in [6.07, 6.45) is 2.46. The minimum Gasteiger partial charge on any atom is -0.389 e. The van der Waals surface area contributed by atoms with Crippen LogP contribution in [0.4, 0.5) is 0 Å². The van der Waals surface area contributed by atoms with Crippen molar-refractivity contribution >= 4 is 5.78 Å². The maximum Gasteiger partial charge on any atom is 0.158 e. The molecule has 1 rings (SSSR count). The summed E-state index contributed by atoms with van der Waals surface area (Å²) in [6, 6.07) is 0. The van der Waals surface area contributed by atoms with Gasteiger partial charge in [-0.1, -0.05) is 19.1 Å². The minimum absolute atomic E-state index is 0.0291. The van der Waals surface area contributed by atoms with E-state index in [9.17, 15) is 15.0 Å². The van der Waals surface area contributed by atoms with Crippen molar-refractivity contribution in [3.8, 4) is 0 Å². The van der Waals surface area contributed by atoms with E-state index in [1.165, 1.54) is 0 Å². The number of Topliss-reactive ketones (excluding diaryl/α,β-unsaturated/α-hetero) is 1. The summed E-state index contributed by atoms with van der Waals surface area (Å²) >= 11 is 0. The fraction of sp³-hybridized carbons (Fsp3) is 0.667. The first kappa shape index (κ1) is 15.1. The summed E-state index contributed by atoms with van der Waals surface area (Å²) in [4.78, 5) is 11.7. The van der Waals surface area contributed by atoms with Crippen LogP contribution in [-0.4, -0.2) is 28.2 Å². The van der Waals surface area contributed by atoms with Crippen molar-refractivity contribution in [2.75, 3.05) is 0 Å². The topological polar surface area (TPSA) is 57.5 Å². The highest BCUT2D eigenvalue weighted by Crippen LogP contribution is 2.30. The highest BCUT2D eigenvalue weighted by atomic mass is 16.3. The van der Waals surface area contributed by atoms with E-state index in [1.807, 2.05) is 6.92 Å². The molecule has 0 fully saturated rings. The highest BCUT2D eigenvalue weighted by molar-refractivity contribution is 5.95. The van der Waals surface area contributed by atoms with Crippen LogP contribution in [0.1, 0.15) is 40.0 Å². The van der Waals surface area contributed by atoms with E-state index in [2.05, 4.69) is 6.58 Å². The zero-order chi connectivity index (χ0) is 13.9. The third kappa shape index (κ3) is 3.79. The van der Waals surface area contributed by atoms with Crippen LogP contribution in [0.2, 0.25) is 0 Å². The molecule has 0 bridgehead atoms. The van der Waals surface area contributed by atoms with Gasteiger partial charge in [-0.3, -0.25) is 4.79 Å². The van der Waals surface area contributed by atoms with E-state index in [-0.39, 0.29) is 17.6 Å². The van der Waals surface area contributed by atoms with Crippen LogP contribution in [0.15, 0.2) is 23.8 Å². The summed E-state index contributed by atoms with van der Waals surface area (Å²) in [7, 11) is 0. The molecule has 0 amide bonds. The molecule has 3 nitrogen and oxygen atoms in total. The van der Waals surface area contributed by atoms with Crippen molar-refractivity contribution in [3.05, 3.63) is 23.8 Å². The number of carbonyl (C=O) groups is 1. The molecule has 3 heteroatoms. The van der Waals surface area contributed by atoms with Crippen molar-refractivity contribution in [1.29, 1.82) is 0 Å². The zero-order valence-electron chi connectivity index (χ0n) is 11.5. The van der Waals surface area contributed by atoms with Gasteiger partial charge in [-0.05, 0) is 50.2 Å². The molecule has 0 heterocycles. The normalized spacial score (nSPS) is 27.6. The average molecular weight is 252 g/mol. The van der Waals surface area contributed by atoms with Gasteiger partial charge in [0.1, 0.15) is 0 Å². The summed E-state index contributed by atoms with van der Waals surface area (Å²) in [5.41, 5.74) is 1.42. The lowest BCUT2D eigenvalue weighted by Gasteiger charge is -2.30. The number of aliphatic hydroxyl groups is 2. The maximum absolute atomic E-state index is 11.7. The van der Waals surface area contributed by atoms with Gasteiger partial charge in [0, 0.05) is 6.42 Å². The van der Waals surface area contributed by atoms with Crippen molar-refractivity contribution < 1.29 is 15.0 Å². The van der Waals surface area contributed by atoms with Gasteiger partial charge in [0.15, 0.2) is 5.78 Å². The fourth-order valence-electron chi connectivity index (χ4n) is 2.39. The van der Waals surface area contributed by atoms with E-state index in [4.69, 9.17) is 0 Å². The molecule has 0 radical (unpaired) electrons. The predicted octanol–water partition coefficient (Wildman–Crippen LogP) is 2.24. The molecule has 4 atom stereocenters. The molecule has 18 heavy (non-hydrogen) atoms. The highest BCUT2D eigenvalue weighted by Gasteiger charge is 2.31. The number of ketones is 1. The molecule has 1 aliphatic carbocycles. The van der Waals surface area contributed by atoms with Gasteiger partial charge in [-0.25, -0.2) is 0 Å². The number of hydrogen-bond donors (Lipinski definition) is 2. The molecule has 0 aromatic carbocycles. The Morgan fingerprint density at radius 3 is 2.72 bits per heavy atom. The monoisotopic (exact) mass is 252 g/mol. The van der Waals surface area contributed by atoms with Gasteiger partial charge in [0.2, 0.25) is 0 Å². The Morgan fingerprint density at radius 1 is 1.56 bits per heavy atom. The largest absolute Gasteiger partial charge is 0.389 e. The molecule has 1 aliphatic rings. The van der Waals surface area contributed by atoms with E-state index < -0.39 is 12.2 Å². The van der Waals surface area contributed by atoms with Crippen LogP contribution in [-0.2, 0) is 4.79 Å². The van der Waals surface area contributed by atoms with E-state index in [0.29, 0.717) is 18.4 Å². The second kappa shape index (κ2) is 6.30. The number of allylic oxidation sites excluding steroid dienone is 1. The fourth-order valence-corrected chi connectivity index (χ4v) is 2.39. The smallest absolute Gasteiger partial charge is 0.158 e. The maximum atomic E-state index is 11.7. The average Bonchev–Trinajstić information content (AvgIpc) is 2.30. The number of hydrogen-bond acceptors (Lipinski definition) is 3. The summed E-state index contributed by atoms with van der Waals surface area (Å²) in [5, 5.41) is 19.7. The molecule has 0 aromatic rings. The second-order valence-electron chi connectivity index (χ2n) is 5.55. The quantitative estimate of drug-likeness (QED) is 0.738. The molecule has 0 saturated carbocycles. The molecule has 0 unspecified atom stereocenters. The number of rotatable bonds is 5. The third-order valence-corrected chi connectivity index (χ3v) is 3.92. The molecule has 0 saturated heterocycles. The Balaban J connectivity index is 2.55. The van der Waals surface area contributed by atoms with Gasteiger partial charge in [0.25, 0.3) is 0 Å². The van der Waals surface area contributed by atoms with E-state index in [0.717, 1.165) is 12.0 Å². The summed E-state index contributed by atoms with van der Waals surface area (Å²) < 4.78 is 0. The van der Waals surface area contributed by atoms with Crippen molar-refractivity contribution in [2.45, 2.75) is 52.2 Å². The lowest BCUT2D eigenvalue weighted by atomic mass is 9.77. The summed E-state index contributed by atoms with van der Waals surface area (Å²) in [6.45, 7) is 9.30. The predicted molar refractivity (Wildman–Crippen MR) is 72.1 cm³/mol. The van der Waals surface area contributed by atoms with Crippen LogP contribution < -0.4 is 0 Å². The SMILES string of the molecule is C=C(C)[C@H](O)CC[C@@H](C)[C@@H]1CC(=O)C(C)=C[C@H]1O. The van der Waals surface area contributed by atoms with Gasteiger partial charge < -0.3 is 10.2 Å². The molecule has 0 aromatic heterocycles. The van der Waals surface area contributed by atoms with Gasteiger partial charge in [0.05, 0.1) is 12.2 Å².